The summed E-state index contributed by atoms with van der Waals surface area (Å²) in [4.78, 5) is 41.7. The summed E-state index contributed by atoms with van der Waals surface area (Å²) in [5, 5.41) is 10.4. The van der Waals surface area contributed by atoms with Gasteiger partial charge in [-0.3, -0.25) is 19.4 Å². The van der Waals surface area contributed by atoms with Crippen molar-refractivity contribution in [3.63, 3.8) is 0 Å². The molecular formula is C22H21Cl2N5O3. The van der Waals surface area contributed by atoms with Gasteiger partial charge < -0.3 is 10.6 Å². The van der Waals surface area contributed by atoms with Gasteiger partial charge in [-0.2, -0.15) is 5.10 Å². The van der Waals surface area contributed by atoms with Crippen LogP contribution >= 0.6 is 23.2 Å². The number of hydrogen-bond donors (Lipinski definition) is 2. The highest BCUT2D eigenvalue weighted by Gasteiger charge is 2.17. The van der Waals surface area contributed by atoms with E-state index in [1.54, 1.807) is 30.3 Å². The first-order valence-electron chi connectivity index (χ1n) is 9.76. The van der Waals surface area contributed by atoms with Gasteiger partial charge in [0.1, 0.15) is 12.2 Å². The Morgan fingerprint density at radius 3 is 2.62 bits per heavy atom. The molecule has 0 atom stereocenters. The van der Waals surface area contributed by atoms with Gasteiger partial charge in [-0.15, -0.1) is 0 Å². The molecule has 0 unspecified atom stereocenters. The number of amides is 1. The fourth-order valence-corrected chi connectivity index (χ4v) is 3.45. The van der Waals surface area contributed by atoms with Crippen LogP contribution in [0, 0.1) is 0 Å². The van der Waals surface area contributed by atoms with Crippen molar-refractivity contribution < 1.29 is 9.59 Å². The minimum absolute atomic E-state index is 0.0605. The lowest BCUT2D eigenvalue weighted by atomic mass is 10.1. The molecule has 10 heteroatoms. The summed E-state index contributed by atoms with van der Waals surface area (Å²) < 4.78 is 0.980. The number of pyridine rings is 1. The Morgan fingerprint density at radius 2 is 1.91 bits per heavy atom. The second-order valence-electron chi connectivity index (χ2n) is 6.97. The zero-order chi connectivity index (χ0) is 23.1. The second kappa shape index (κ2) is 11.0. The highest BCUT2D eigenvalue weighted by atomic mass is 35.5. The number of nitrogens with one attached hydrogen (secondary N) is 2. The largest absolute Gasteiger partial charge is 0.352 e. The topological polar surface area (TPSA) is 106 Å². The molecule has 2 N–H and O–H groups in total. The second-order valence-corrected chi connectivity index (χ2v) is 7.81. The van der Waals surface area contributed by atoms with E-state index in [-0.39, 0.29) is 41.6 Å². The van der Waals surface area contributed by atoms with Gasteiger partial charge in [0.2, 0.25) is 11.7 Å². The maximum atomic E-state index is 12.8. The summed E-state index contributed by atoms with van der Waals surface area (Å²) >= 11 is 12.2. The van der Waals surface area contributed by atoms with Crippen LogP contribution in [0.25, 0.3) is 0 Å². The molecular weight excluding hydrogens is 453 g/mol. The van der Waals surface area contributed by atoms with Crippen LogP contribution in [-0.2, 0) is 30.8 Å². The van der Waals surface area contributed by atoms with E-state index in [0.717, 1.165) is 15.8 Å². The first kappa shape index (κ1) is 23.6. The van der Waals surface area contributed by atoms with Crippen LogP contribution in [0.5, 0.6) is 0 Å². The first-order valence-corrected chi connectivity index (χ1v) is 10.5. The molecule has 0 spiro atoms. The molecule has 0 saturated heterocycles. The maximum Gasteiger partial charge on any atom is 0.272 e. The van der Waals surface area contributed by atoms with Gasteiger partial charge in [-0.1, -0.05) is 35.3 Å². The first-order chi connectivity index (χ1) is 15.4. The highest BCUT2D eigenvalue weighted by Crippen LogP contribution is 2.16. The van der Waals surface area contributed by atoms with Gasteiger partial charge in [0.05, 0.1) is 17.6 Å². The number of carbonyl (C=O) groups is 2. The number of halogens is 2. The van der Waals surface area contributed by atoms with Crippen molar-refractivity contribution in [2.24, 2.45) is 0 Å². The van der Waals surface area contributed by atoms with Crippen molar-refractivity contribution in [3.8, 4) is 0 Å². The fourth-order valence-electron chi connectivity index (χ4n) is 3.06. The third-order valence-corrected chi connectivity index (χ3v) is 5.24. The van der Waals surface area contributed by atoms with Crippen molar-refractivity contribution in [2.45, 2.75) is 26.1 Å². The predicted octanol–water partition coefficient (Wildman–Crippen LogP) is 2.41. The van der Waals surface area contributed by atoms with E-state index in [2.05, 4.69) is 20.7 Å². The summed E-state index contributed by atoms with van der Waals surface area (Å²) in [7, 11) is 1.83. The minimum atomic E-state index is -0.601. The number of hydrogen-bond acceptors (Lipinski definition) is 6. The molecule has 3 aromatic rings. The summed E-state index contributed by atoms with van der Waals surface area (Å²) in [6.45, 7) is 0.552. The van der Waals surface area contributed by atoms with E-state index in [9.17, 15) is 14.4 Å². The quantitative estimate of drug-likeness (QED) is 0.462. The minimum Gasteiger partial charge on any atom is -0.352 e. The Kier molecular flexibility index (Phi) is 8.10. The number of rotatable bonds is 9. The maximum absolute atomic E-state index is 12.8. The summed E-state index contributed by atoms with van der Waals surface area (Å²) in [5.41, 5.74) is 1.54. The van der Waals surface area contributed by atoms with Gasteiger partial charge in [0.15, 0.2) is 0 Å². The Bertz CT molecular complexity index is 1180. The summed E-state index contributed by atoms with van der Waals surface area (Å²) in [6, 6.07) is 10.4. The van der Waals surface area contributed by atoms with Gasteiger partial charge in [-0.25, -0.2) is 4.68 Å². The molecule has 0 bridgehead atoms. The van der Waals surface area contributed by atoms with Gasteiger partial charge in [-0.05, 0) is 42.4 Å². The number of ketones is 1. The van der Waals surface area contributed by atoms with E-state index < -0.39 is 11.5 Å². The number of Topliss-reactive ketones (excluding diaryl/α,β-unsaturated/α-hetero) is 1. The van der Waals surface area contributed by atoms with Crippen LogP contribution < -0.4 is 16.2 Å². The highest BCUT2D eigenvalue weighted by molar-refractivity contribution is 6.31. The molecule has 8 nitrogen and oxygen atoms in total. The van der Waals surface area contributed by atoms with Gasteiger partial charge in [0.25, 0.3) is 5.56 Å². The van der Waals surface area contributed by atoms with Crippen molar-refractivity contribution in [2.75, 3.05) is 7.05 Å². The third-order valence-electron chi connectivity index (χ3n) is 4.68. The van der Waals surface area contributed by atoms with E-state index >= 15 is 0 Å². The smallest absolute Gasteiger partial charge is 0.272 e. The van der Waals surface area contributed by atoms with Gasteiger partial charge in [0, 0.05) is 29.9 Å². The molecule has 0 saturated carbocycles. The van der Waals surface area contributed by atoms with Crippen molar-refractivity contribution >= 4 is 34.9 Å². The summed E-state index contributed by atoms with van der Waals surface area (Å²) in [6.07, 6.45) is 2.49. The Balaban J connectivity index is 1.71. The molecule has 2 aromatic heterocycles. The van der Waals surface area contributed by atoms with Crippen molar-refractivity contribution in [3.05, 3.63) is 91.6 Å². The van der Waals surface area contributed by atoms with E-state index in [4.69, 9.17) is 23.2 Å². The Morgan fingerprint density at radius 1 is 1.09 bits per heavy atom. The molecule has 0 radical (unpaired) electrons. The Hall–Kier alpha value is -3.07. The lowest BCUT2D eigenvalue weighted by molar-refractivity contribution is -0.120. The average Bonchev–Trinajstić information content (AvgIpc) is 2.79. The lowest BCUT2D eigenvalue weighted by Gasteiger charge is -2.12. The molecule has 3 rings (SSSR count). The molecule has 0 aliphatic heterocycles. The number of aromatic nitrogens is 3. The number of carbonyl (C=O) groups excluding carboxylic acids is 2. The zero-order valence-electron chi connectivity index (χ0n) is 17.3. The Labute approximate surface area is 194 Å². The van der Waals surface area contributed by atoms with E-state index in [0.29, 0.717) is 11.6 Å². The average molecular weight is 474 g/mol. The van der Waals surface area contributed by atoms with Gasteiger partial charge >= 0.3 is 0 Å². The van der Waals surface area contributed by atoms with E-state index in [1.807, 2.05) is 13.1 Å². The number of nitrogens with zero attached hydrogens (tertiary/aromatic N) is 3. The normalized spacial score (nSPS) is 10.7. The molecule has 1 aromatic carbocycles. The molecule has 32 heavy (non-hydrogen) atoms. The van der Waals surface area contributed by atoms with Crippen LogP contribution in [0.1, 0.15) is 27.2 Å². The van der Waals surface area contributed by atoms with Crippen LogP contribution in [0.2, 0.25) is 10.0 Å². The predicted molar refractivity (Wildman–Crippen MR) is 122 cm³/mol. The van der Waals surface area contributed by atoms with Crippen molar-refractivity contribution in [1.82, 2.24) is 25.4 Å². The molecule has 1 amide bonds. The van der Waals surface area contributed by atoms with Crippen molar-refractivity contribution in [1.29, 1.82) is 0 Å². The third kappa shape index (κ3) is 6.00. The molecule has 0 fully saturated rings. The monoisotopic (exact) mass is 473 g/mol. The lowest BCUT2D eigenvalue weighted by Crippen LogP contribution is -2.33. The molecule has 0 aliphatic carbocycles. The molecule has 166 valence electrons. The molecule has 2 heterocycles. The number of benzene rings is 1. The standard InChI is InChI=1S/C22H21Cl2N5O3/c1-25-10-14-5-6-16(23)8-15(14)11-27-21(31)9-17-18(24)12-28-29(22(17)32)13-20(30)19-4-2-3-7-26-19/h2-8,12,25H,9-11,13H2,1H3,(H,27,31). The molecule has 0 aliphatic rings. The van der Waals surface area contributed by atoms with Crippen LogP contribution in [0.15, 0.2) is 53.6 Å². The summed E-state index contributed by atoms with van der Waals surface area (Å²) in [5.74, 6) is -0.774. The van der Waals surface area contributed by atoms with Crippen LogP contribution in [0.4, 0.5) is 0 Å². The SMILES string of the molecule is CNCc1ccc(Cl)cc1CNC(=O)Cc1c(Cl)cnn(CC(=O)c2ccccn2)c1=O. The van der Waals surface area contributed by atoms with E-state index in [1.165, 1.54) is 12.4 Å². The van der Waals surface area contributed by atoms with Crippen LogP contribution in [-0.4, -0.2) is 33.5 Å². The fraction of sp³-hybridized carbons (Fsp3) is 0.227. The van der Waals surface area contributed by atoms with Crippen LogP contribution in [0.3, 0.4) is 0 Å². The zero-order valence-corrected chi connectivity index (χ0v) is 18.8.